The summed E-state index contributed by atoms with van der Waals surface area (Å²) in [6.45, 7) is 3.69. The summed E-state index contributed by atoms with van der Waals surface area (Å²) in [4.78, 5) is 0. The van der Waals surface area contributed by atoms with E-state index in [2.05, 4.69) is 12.2 Å². The van der Waals surface area contributed by atoms with Crippen molar-refractivity contribution in [3.8, 4) is 0 Å². The van der Waals surface area contributed by atoms with E-state index in [0.29, 0.717) is 0 Å². The van der Waals surface area contributed by atoms with Crippen molar-refractivity contribution < 1.29 is 0 Å². The molecule has 0 spiro atoms. The summed E-state index contributed by atoms with van der Waals surface area (Å²) in [5.41, 5.74) is 0. The third-order valence-electron chi connectivity index (χ3n) is 4.29. The molecule has 0 aromatic rings. The van der Waals surface area contributed by atoms with Gasteiger partial charge in [0.1, 0.15) is 0 Å². The summed E-state index contributed by atoms with van der Waals surface area (Å²) in [7, 11) is 0. The van der Waals surface area contributed by atoms with Crippen molar-refractivity contribution in [3.63, 3.8) is 0 Å². The molecule has 2 atom stereocenters. The Morgan fingerprint density at radius 3 is 2.50 bits per heavy atom. The molecule has 1 nitrogen and oxygen atoms in total. The highest BCUT2D eigenvalue weighted by Gasteiger charge is 2.22. The Morgan fingerprint density at radius 1 is 1.00 bits per heavy atom. The zero-order valence-electron chi connectivity index (χ0n) is 9.60. The molecule has 0 bridgehead atoms. The zero-order valence-corrected chi connectivity index (χ0v) is 9.60. The van der Waals surface area contributed by atoms with Crippen LogP contribution in [0.3, 0.4) is 0 Å². The number of rotatable bonds is 3. The van der Waals surface area contributed by atoms with Gasteiger partial charge in [-0.2, -0.15) is 0 Å². The van der Waals surface area contributed by atoms with E-state index in [-0.39, 0.29) is 0 Å². The minimum atomic E-state index is 0.837. The Morgan fingerprint density at radius 2 is 1.79 bits per heavy atom. The Hall–Kier alpha value is -0.0400. The maximum Gasteiger partial charge on any atom is 0.00927 e. The molecule has 2 unspecified atom stereocenters. The molecular weight excluding hydrogens is 170 g/mol. The Balaban J connectivity index is 1.67. The topological polar surface area (TPSA) is 12.0 Å². The van der Waals surface area contributed by atoms with Gasteiger partial charge in [0.2, 0.25) is 0 Å². The minimum Gasteiger partial charge on any atom is -0.314 e. The van der Waals surface area contributed by atoms with E-state index in [4.69, 9.17) is 0 Å². The first-order valence-corrected chi connectivity index (χ1v) is 6.59. The van der Waals surface area contributed by atoms with Gasteiger partial charge in [0, 0.05) is 6.04 Å². The summed E-state index contributed by atoms with van der Waals surface area (Å²) in [6.07, 6.45) is 11.8. The standard InChI is InChI=1S/C13H25N/c1-11-5-4-10-14-13(11)9-8-12-6-2-3-7-12/h11-14H,2-10H2,1H3. The highest BCUT2D eigenvalue weighted by atomic mass is 14.9. The molecule has 0 amide bonds. The lowest BCUT2D eigenvalue weighted by Gasteiger charge is -2.30. The summed E-state index contributed by atoms with van der Waals surface area (Å²) in [5.74, 6) is 2.00. The average molecular weight is 195 g/mol. The van der Waals surface area contributed by atoms with Crippen LogP contribution in [0.15, 0.2) is 0 Å². The molecule has 0 aromatic heterocycles. The van der Waals surface area contributed by atoms with Crippen LogP contribution in [0, 0.1) is 11.8 Å². The number of hydrogen-bond acceptors (Lipinski definition) is 1. The molecule has 14 heavy (non-hydrogen) atoms. The molecule has 1 heteroatoms. The van der Waals surface area contributed by atoms with Crippen molar-refractivity contribution in [2.75, 3.05) is 6.54 Å². The molecule has 0 aromatic carbocycles. The fraction of sp³-hybridized carbons (Fsp3) is 1.00. The zero-order chi connectivity index (χ0) is 9.80. The van der Waals surface area contributed by atoms with Crippen LogP contribution in [0.2, 0.25) is 0 Å². The highest BCUT2D eigenvalue weighted by Crippen LogP contribution is 2.30. The third kappa shape index (κ3) is 2.73. The van der Waals surface area contributed by atoms with Crippen LogP contribution in [0.25, 0.3) is 0 Å². The molecule has 1 aliphatic carbocycles. The summed E-state index contributed by atoms with van der Waals surface area (Å²) < 4.78 is 0. The van der Waals surface area contributed by atoms with Crippen LogP contribution in [0.1, 0.15) is 58.3 Å². The number of nitrogens with one attached hydrogen (secondary N) is 1. The molecule has 2 aliphatic rings. The third-order valence-corrected chi connectivity index (χ3v) is 4.29. The van der Waals surface area contributed by atoms with Crippen molar-refractivity contribution in [1.82, 2.24) is 5.32 Å². The lowest BCUT2D eigenvalue weighted by atomic mass is 9.87. The van der Waals surface area contributed by atoms with Gasteiger partial charge in [0.15, 0.2) is 0 Å². The molecule has 2 fully saturated rings. The lowest BCUT2D eigenvalue weighted by Crippen LogP contribution is -2.40. The van der Waals surface area contributed by atoms with Crippen LogP contribution >= 0.6 is 0 Å². The summed E-state index contributed by atoms with van der Waals surface area (Å²) >= 11 is 0. The average Bonchev–Trinajstić information content (AvgIpc) is 2.69. The molecule has 1 saturated carbocycles. The van der Waals surface area contributed by atoms with E-state index in [9.17, 15) is 0 Å². The second-order valence-electron chi connectivity index (χ2n) is 5.41. The molecule has 1 heterocycles. The summed E-state index contributed by atoms with van der Waals surface area (Å²) in [6, 6.07) is 0.837. The van der Waals surface area contributed by atoms with Crippen molar-refractivity contribution in [3.05, 3.63) is 0 Å². The van der Waals surface area contributed by atoms with Crippen molar-refractivity contribution in [2.24, 2.45) is 11.8 Å². The van der Waals surface area contributed by atoms with E-state index < -0.39 is 0 Å². The van der Waals surface area contributed by atoms with Crippen molar-refractivity contribution in [1.29, 1.82) is 0 Å². The summed E-state index contributed by atoms with van der Waals surface area (Å²) in [5, 5.41) is 3.69. The van der Waals surface area contributed by atoms with Gasteiger partial charge >= 0.3 is 0 Å². The SMILES string of the molecule is CC1CCCNC1CCC1CCCC1. The number of hydrogen-bond donors (Lipinski definition) is 1. The second-order valence-corrected chi connectivity index (χ2v) is 5.41. The molecule has 1 N–H and O–H groups in total. The Labute approximate surface area is 88.7 Å². The predicted molar refractivity (Wildman–Crippen MR) is 61.4 cm³/mol. The van der Waals surface area contributed by atoms with Crippen LogP contribution < -0.4 is 5.32 Å². The van der Waals surface area contributed by atoms with E-state index in [1.54, 1.807) is 0 Å². The van der Waals surface area contributed by atoms with Gasteiger partial charge in [0.05, 0.1) is 0 Å². The predicted octanol–water partition coefficient (Wildman–Crippen LogP) is 3.34. The molecule has 1 aliphatic heterocycles. The molecule has 0 radical (unpaired) electrons. The maximum atomic E-state index is 3.69. The Bertz CT molecular complexity index is 161. The smallest absolute Gasteiger partial charge is 0.00927 e. The fourth-order valence-corrected chi connectivity index (χ4v) is 3.21. The largest absolute Gasteiger partial charge is 0.314 e. The van der Waals surface area contributed by atoms with E-state index in [0.717, 1.165) is 17.9 Å². The van der Waals surface area contributed by atoms with E-state index >= 15 is 0 Å². The van der Waals surface area contributed by atoms with Gasteiger partial charge in [-0.1, -0.05) is 32.6 Å². The molecule has 2 rings (SSSR count). The normalized spacial score (nSPS) is 34.9. The van der Waals surface area contributed by atoms with E-state index in [1.165, 1.54) is 57.9 Å². The maximum absolute atomic E-state index is 3.69. The van der Waals surface area contributed by atoms with Crippen LogP contribution in [0.4, 0.5) is 0 Å². The van der Waals surface area contributed by atoms with Gasteiger partial charge < -0.3 is 5.32 Å². The van der Waals surface area contributed by atoms with Crippen LogP contribution in [-0.2, 0) is 0 Å². The first kappa shape index (κ1) is 10.5. The number of piperidine rings is 1. The quantitative estimate of drug-likeness (QED) is 0.728. The molecule has 82 valence electrons. The Kier molecular flexibility index (Phi) is 3.86. The molecular formula is C13H25N. The van der Waals surface area contributed by atoms with E-state index in [1.807, 2.05) is 0 Å². The van der Waals surface area contributed by atoms with Crippen molar-refractivity contribution in [2.45, 2.75) is 64.3 Å². The van der Waals surface area contributed by atoms with Crippen LogP contribution in [-0.4, -0.2) is 12.6 Å². The molecule has 1 saturated heterocycles. The fourth-order valence-electron chi connectivity index (χ4n) is 3.21. The van der Waals surface area contributed by atoms with Gasteiger partial charge in [-0.05, 0) is 44.1 Å². The van der Waals surface area contributed by atoms with Gasteiger partial charge in [-0.3, -0.25) is 0 Å². The van der Waals surface area contributed by atoms with Crippen molar-refractivity contribution >= 4 is 0 Å². The van der Waals surface area contributed by atoms with Gasteiger partial charge in [-0.15, -0.1) is 0 Å². The second kappa shape index (κ2) is 5.16. The van der Waals surface area contributed by atoms with Crippen LogP contribution in [0.5, 0.6) is 0 Å². The minimum absolute atomic E-state index is 0.837. The highest BCUT2D eigenvalue weighted by molar-refractivity contribution is 4.80. The van der Waals surface area contributed by atoms with Gasteiger partial charge in [-0.25, -0.2) is 0 Å². The first-order chi connectivity index (χ1) is 6.86. The van der Waals surface area contributed by atoms with Gasteiger partial charge in [0.25, 0.3) is 0 Å². The first-order valence-electron chi connectivity index (χ1n) is 6.59. The monoisotopic (exact) mass is 195 g/mol. The lowest BCUT2D eigenvalue weighted by molar-refractivity contribution is 0.269.